The minimum Gasteiger partial charge on any atom is -0.411 e. The first kappa shape index (κ1) is 11.0. The highest BCUT2D eigenvalue weighted by atomic mass is 16.5. The lowest BCUT2D eigenvalue weighted by atomic mass is 9.96. The molecule has 78 valence electrons. The highest BCUT2D eigenvalue weighted by Gasteiger charge is 2.17. The fraction of sp³-hybridized carbons (Fsp3) is 0.800. The van der Waals surface area contributed by atoms with Crippen molar-refractivity contribution in [1.29, 1.82) is 5.26 Å². The van der Waals surface area contributed by atoms with Crippen LogP contribution in [0.15, 0.2) is 5.16 Å². The lowest BCUT2D eigenvalue weighted by Crippen LogP contribution is -2.22. The van der Waals surface area contributed by atoms with Gasteiger partial charge in [-0.25, -0.2) is 0 Å². The maximum absolute atomic E-state index is 8.53. The van der Waals surface area contributed by atoms with Crippen LogP contribution < -0.4 is 0 Å². The van der Waals surface area contributed by atoms with Gasteiger partial charge < -0.3 is 9.94 Å². The third kappa shape index (κ3) is 3.75. The van der Waals surface area contributed by atoms with E-state index >= 15 is 0 Å². The Balaban J connectivity index is 2.08. The summed E-state index contributed by atoms with van der Waals surface area (Å²) in [5.74, 6) is 0. The summed E-state index contributed by atoms with van der Waals surface area (Å²) in [5.41, 5.74) is 0.877. The van der Waals surface area contributed by atoms with Gasteiger partial charge in [-0.2, -0.15) is 5.26 Å². The predicted molar refractivity (Wildman–Crippen MR) is 52.3 cm³/mol. The van der Waals surface area contributed by atoms with Crippen molar-refractivity contribution in [3.05, 3.63) is 0 Å². The van der Waals surface area contributed by atoms with Crippen LogP contribution in [0.3, 0.4) is 0 Å². The average Bonchev–Trinajstić information content (AvgIpc) is 2.25. The van der Waals surface area contributed by atoms with Crippen LogP contribution in [-0.4, -0.2) is 23.6 Å². The number of nitriles is 1. The van der Waals surface area contributed by atoms with Crippen molar-refractivity contribution in [3.8, 4) is 6.07 Å². The summed E-state index contributed by atoms with van der Waals surface area (Å²) >= 11 is 0. The van der Waals surface area contributed by atoms with Crippen LogP contribution in [0.5, 0.6) is 0 Å². The van der Waals surface area contributed by atoms with E-state index in [2.05, 4.69) is 11.2 Å². The molecule has 0 unspecified atom stereocenters. The van der Waals surface area contributed by atoms with Crippen molar-refractivity contribution in [1.82, 2.24) is 0 Å². The lowest BCUT2D eigenvalue weighted by molar-refractivity contribution is 0.0389. The average molecular weight is 196 g/mol. The maximum Gasteiger partial charge on any atom is 0.0622 e. The van der Waals surface area contributed by atoms with E-state index in [1.165, 1.54) is 0 Å². The van der Waals surface area contributed by atoms with Gasteiger partial charge in [-0.15, -0.1) is 0 Å². The van der Waals surface area contributed by atoms with Crippen molar-refractivity contribution in [2.45, 2.75) is 44.6 Å². The van der Waals surface area contributed by atoms with Gasteiger partial charge in [0.25, 0.3) is 0 Å². The van der Waals surface area contributed by atoms with Crippen LogP contribution in [0, 0.1) is 11.3 Å². The standard InChI is InChI=1S/C10H16N2O2/c11-7-1-2-8-14-10-5-3-9(12-13)4-6-10/h10,13H,1-6,8H2. The van der Waals surface area contributed by atoms with Gasteiger partial charge >= 0.3 is 0 Å². The van der Waals surface area contributed by atoms with Crippen LogP contribution in [0.2, 0.25) is 0 Å². The minimum atomic E-state index is 0.291. The molecule has 0 amide bonds. The molecule has 0 aromatic carbocycles. The number of ether oxygens (including phenoxy) is 1. The molecule has 0 aromatic heterocycles. The molecule has 1 rings (SSSR count). The van der Waals surface area contributed by atoms with Gasteiger partial charge in [0.1, 0.15) is 0 Å². The van der Waals surface area contributed by atoms with Crippen LogP contribution in [0.25, 0.3) is 0 Å². The SMILES string of the molecule is N#CCCCOC1CCC(=NO)CC1. The van der Waals surface area contributed by atoms with Gasteiger partial charge in [0.2, 0.25) is 0 Å². The monoisotopic (exact) mass is 196 g/mol. The van der Waals surface area contributed by atoms with Gasteiger partial charge in [-0.05, 0) is 32.1 Å². The zero-order valence-electron chi connectivity index (χ0n) is 8.28. The molecule has 1 aliphatic rings. The molecule has 0 bridgehead atoms. The molecule has 4 nitrogen and oxygen atoms in total. The van der Waals surface area contributed by atoms with E-state index in [0.717, 1.165) is 37.8 Å². The van der Waals surface area contributed by atoms with Gasteiger partial charge in [0.15, 0.2) is 0 Å². The second kappa shape index (κ2) is 6.39. The Morgan fingerprint density at radius 1 is 1.50 bits per heavy atom. The van der Waals surface area contributed by atoms with Gasteiger partial charge in [-0.1, -0.05) is 5.16 Å². The fourth-order valence-corrected chi connectivity index (χ4v) is 1.59. The van der Waals surface area contributed by atoms with Crippen LogP contribution in [0.4, 0.5) is 0 Å². The predicted octanol–water partition coefficient (Wildman–Crippen LogP) is 2.08. The van der Waals surface area contributed by atoms with Crippen molar-refractivity contribution < 1.29 is 9.94 Å². The van der Waals surface area contributed by atoms with Crippen molar-refractivity contribution in [2.75, 3.05) is 6.61 Å². The molecule has 14 heavy (non-hydrogen) atoms. The zero-order valence-corrected chi connectivity index (χ0v) is 8.28. The summed E-state index contributed by atoms with van der Waals surface area (Å²) in [5, 5.41) is 20.1. The van der Waals surface area contributed by atoms with Crippen molar-refractivity contribution in [3.63, 3.8) is 0 Å². The smallest absolute Gasteiger partial charge is 0.0622 e. The Hall–Kier alpha value is -1.08. The van der Waals surface area contributed by atoms with E-state index in [0.29, 0.717) is 19.1 Å². The zero-order chi connectivity index (χ0) is 10.2. The molecule has 0 aliphatic heterocycles. The first-order valence-corrected chi connectivity index (χ1v) is 5.05. The van der Waals surface area contributed by atoms with Crippen LogP contribution in [-0.2, 0) is 4.74 Å². The second-order valence-electron chi connectivity index (χ2n) is 3.50. The molecule has 0 atom stereocenters. The van der Waals surface area contributed by atoms with E-state index < -0.39 is 0 Å². The quantitative estimate of drug-likeness (QED) is 0.425. The molecule has 0 saturated heterocycles. The number of nitrogens with zero attached hydrogens (tertiary/aromatic N) is 2. The third-order valence-corrected chi connectivity index (χ3v) is 2.44. The number of rotatable bonds is 4. The van der Waals surface area contributed by atoms with E-state index in [1.807, 2.05) is 0 Å². The highest BCUT2D eigenvalue weighted by Crippen LogP contribution is 2.19. The molecule has 0 aromatic rings. The van der Waals surface area contributed by atoms with E-state index in [-0.39, 0.29) is 0 Å². The molecule has 1 fully saturated rings. The molecule has 1 saturated carbocycles. The molecular weight excluding hydrogens is 180 g/mol. The number of unbranched alkanes of at least 4 members (excludes halogenated alkanes) is 1. The Kier molecular flexibility index (Phi) is 5.02. The normalized spacial score (nSPS) is 21.6. The maximum atomic E-state index is 8.53. The van der Waals surface area contributed by atoms with Gasteiger partial charge in [0.05, 0.1) is 17.9 Å². The number of hydrogen-bond donors (Lipinski definition) is 1. The number of hydrogen-bond acceptors (Lipinski definition) is 4. The Morgan fingerprint density at radius 2 is 2.21 bits per heavy atom. The van der Waals surface area contributed by atoms with E-state index in [9.17, 15) is 0 Å². The molecule has 0 radical (unpaired) electrons. The topological polar surface area (TPSA) is 65.6 Å². The van der Waals surface area contributed by atoms with Crippen molar-refractivity contribution >= 4 is 5.71 Å². The first-order valence-electron chi connectivity index (χ1n) is 5.05. The molecular formula is C10H16N2O2. The molecule has 1 aliphatic carbocycles. The van der Waals surface area contributed by atoms with Crippen LogP contribution in [0.1, 0.15) is 38.5 Å². The largest absolute Gasteiger partial charge is 0.411 e. The van der Waals surface area contributed by atoms with Crippen molar-refractivity contribution in [2.24, 2.45) is 5.16 Å². The molecule has 0 heterocycles. The summed E-state index contributed by atoms with van der Waals surface area (Å²) in [6, 6.07) is 2.09. The van der Waals surface area contributed by atoms with Gasteiger partial charge in [-0.3, -0.25) is 0 Å². The molecule has 0 spiro atoms. The first-order chi connectivity index (χ1) is 6.86. The third-order valence-electron chi connectivity index (χ3n) is 2.44. The Bertz CT molecular complexity index is 223. The highest BCUT2D eigenvalue weighted by molar-refractivity contribution is 5.84. The van der Waals surface area contributed by atoms with E-state index in [4.69, 9.17) is 15.2 Å². The minimum absolute atomic E-state index is 0.291. The second-order valence-corrected chi connectivity index (χ2v) is 3.50. The Morgan fingerprint density at radius 3 is 2.79 bits per heavy atom. The Labute approximate surface area is 84.2 Å². The summed E-state index contributed by atoms with van der Waals surface area (Å²) in [6.45, 7) is 0.670. The summed E-state index contributed by atoms with van der Waals surface area (Å²) in [6.07, 6.45) is 5.21. The number of oxime groups is 1. The molecule has 1 N–H and O–H groups in total. The molecule has 4 heteroatoms. The summed E-state index contributed by atoms with van der Waals surface area (Å²) in [7, 11) is 0. The summed E-state index contributed by atoms with van der Waals surface area (Å²) < 4.78 is 5.59. The summed E-state index contributed by atoms with van der Waals surface area (Å²) in [4.78, 5) is 0. The van der Waals surface area contributed by atoms with Crippen LogP contribution >= 0.6 is 0 Å². The van der Waals surface area contributed by atoms with Gasteiger partial charge in [0, 0.05) is 13.0 Å². The fourth-order valence-electron chi connectivity index (χ4n) is 1.59. The lowest BCUT2D eigenvalue weighted by Gasteiger charge is -2.22. The van der Waals surface area contributed by atoms with E-state index in [1.54, 1.807) is 0 Å².